The highest BCUT2D eigenvalue weighted by Gasteiger charge is 2.21. The Balaban J connectivity index is 2.01. The van der Waals surface area contributed by atoms with E-state index in [0.717, 1.165) is 0 Å². The van der Waals surface area contributed by atoms with Crippen LogP contribution in [-0.4, -0.2) is 42.8 Å². The number of carboxylic acid groups (broad SMARTS) is 1. The number of carbonyl (C=O) groups is 2. The lowest BCUT2D eigenvalue weighted by Gasteiger charge is -2.10. The molecule has 0 saturated carbocycles. The van der Waals surface area contributed by atoms with Gasteiger partial charge in [0.25, 0.3) is 0 Å². The van der Waals surface area contributed by atoms with Gasteiger partial charge in [-0.25, -0.2) is 0 Å². The van der Waals surface area contributed by atoms with E-state index >= 15 is 0 Å². The molecule has 0 fully saturated rings. The van der Waals surface area contributed by atoms with Gasteiger partial charge in [0.2, 0.25) is 5.91 Å². The number of hydrogen-bond acceptors (Lipinski definition) is 4. The first kappa shape index (κ1) is 13.7. The first-order valence-corrected chi connectivity index (χ1v) is 5.60. The van der Waals surface area contributed by atoms with E-state index in [4.69, 9.17) is 15.6 Å². The molecule has 6 nitrogen and oxygen atoms in total. The molecule has 1 aliphatic carbocycles. The first-order valence-electron chi connectivity index (χ1n) is 5.60. The van der Waals surface area contributed by atoms with E-state index in [1.807, 2.05) is 12.2 Å². The Morgan fingerprint density at radius 2 is 2.18 bits per heavy atom. The second-order valence-corrected chi connectivity index (χ2v) is 3.94. The lowest BCUT2D eigenvalue weighted by Crippen LogP contribution is -2.33. The zero-order valence-corrected chi connectivity index (χ0v) is 9.59. The minimum Gasteiger partial charge on any atom is -0.481 e. The van der Waals surface area contributed by atoms with Gasteiger partial charge in [-0.3, -0.25) is 9.59 Å². The predicted molar refractivity (Wildman–Crippen MR) is 61.3 cm³/mol. The summed E-state index contributed by atoms with van der Waals surface area (Å²) >= 11 is 0. The quantitative estimate of drug-likeness (QED) is 0.412. The summed E-state index contributed by atoms with van der Waals surface area (Å²) in [6, 6.07) is -0.0300. The third-order valence-electron chi connectivity index (χ3n) is 2.46. The van der Waals surface area contributed by atoms with Crippen LogP contribution in [0.5, 0.6) is 0 Å². The van der Waals surface area contributed by atoms with Gasteiger partial charge in [0, 0.05) is 12.6 Å². The van der Waals surface area contributed by atoms with Crippen molar-refractivity contribution in [3.8, 4) is 0 Å². The van der Waals surface area contributed by atoms with Crippen LogP contribution < -0.4 is 11.1 Å². The van der Waals surface area contributed by atoms with Gasteiger partial charge in [0.05, 0.1) is 25.6 Å². The average molecular weight is 242 g/mol. The second kappa shape index (κ2) is 7.03. The van der Waals surface area contributed by atoms with E-state index in [0.29, 0.717) is 19.6 Å². The molecule has 0 spiro atoms. The van der Waals surface area contributed by atoms with E-state index in [1.54, 1.807) is 0 Å². The summed E-state index contributed by atoms with van der Waals surface area (Å²) < 4.78 is 5.04. The molecule has 0 saturated heterocycles. The van der Waals surface area contributed by atoms with E-state index in [9.17, 15) is 9.59 Å². The molecule has 17 heavy (non-hydrogen) atoms. The van der Waals surface area contributed by atoms with E-state index in [1.165, 1.54) is 0 Å². The Morgan fingerprint density at radius 1 is 1.41 bits per heavy atom. The topological polar surface area (TPSA) is 102 Å². The van der Waals surface area contributed by atoms with Crippen molar-refractivity contribution in [1.82, 2.24) is 5.32 Å². The molecule has 2 unspecified atom stereocenters. The smallest absolute Gasteiger partial charge is 0.305 e. The van der Waals surface area contributed by atoms with Crippen LogP contribution in [0.15, 0.2) is 12.2 Å². The third-order valence-corrected chi connectivity index (χ3v) is 2.46. The van der Waals surface area contributed by atoms with Crippen LogP contribution in [0, 0.1) is 5.92 Å². The summed E-state index contributed by atoms with van der Waals surface area (Å²) in [5.74, 6) is -1.10. The van der Waals surface area contributed by atoms with Crippen molar-refractivity contribution in [3.05, 3.63) is 12.2 Å². The van der Waals surface area contributed by atoms with Gasteiger partial charge in [-0.15, -0.1) is 0 Å². The maximum absolute atomic E-state index is 11.6. The maximum Gasteiger partial charge on any atom is 0.305 e. The minimum absolute atomic E-state index is 0.0197. The Hall–Kier alpha value is -1.40. The first-order chi connectivity index (χ1) is 8.09. The Labute approximate surface area is 99.8 Å². The van der Waals surface area contributed by atoms with Crippen LogP contribution in [0.25, 0.3) is 0 Å². The number of carboxylic acids is 1. The fourth-order valence-corrected chi connectivity index (χ4v) is 1.56. The molecule has 6 heteroatoms. The number of nitrogens with one attached hydrogen (secondary N) is 1. The number of carbonyl (C=O) groups excluding carboxylic acids is 1. The fraction of sp³-hybridized carbons (Fsp3) is 0.636. The molecule has 0 aliphatic heterocycles. The summed E-state index contributed by atoms with van der Waals surface area (Å²) in [6.45, 7) is 0.874. The van der Waals surface area contributed by atoms with Crippen LogP contribution in [0.3, 0.4) is 0 Å². The average Bonchev–Trinajstić information content (AvgIpc) is 2.69. The van der Waals surface area contributed by atoms with Gasteiger partial charge in [-0.05, 0) is 6.42 Å². The summed E-state index contributed by atoms with van der Waals surface area (Å²) in [6.07, 6.45) is 4.26. The molecular weight excluding hydrogens is 224 g/mol. The molecule has 1 amide bonds. The highest BCUT2D eigenvalue weighted by atomic mass is 16.5. The molecule has 0 bridgehead atoms. The van der Waals surface area contributed by atoms with Crippen molar-refractivity contribution < 1.29 is 19.4 Å². The van der Waals surface area contributed by atoms with Crippen molar-refractivity contribution in [2.75, 3.05) is 19.8 Å². The highest BCUT2D eigenvalue weighted by molar-refractivity contribution is 5.81. The molecule has 0 radical (unpaired) electrons. The number of nitrogens with two attached hydrogens (primary N) is 1. The number of rotatable bonds is 7. The molecule has 0 aromatic carbocycles. The normalized spacial score (nSPS) is 22.6. The van der Waals surface area contributed by atoms with E-state index in [-0.39, 0.29) is 30.9 Å². The van der Waals surface area contributed by atoms with Gasteiger partial charge < -0.3 is 20.9 Å². The Kier molecular flexibility index (Phi) is 5.65. The number of ether oxygens (including phenoxy) is 1. The molecule has 1 rings (SSSR count). The van der Waals surface area contributed by atoms with Crippen LogP contribution in [0.4, 0.5) is 0 Å². The zero-order valence-electron chi connectivity index (χ0n) is 9.59. The van der Waals surface area contributed by atoms with Gasteiger partial charge >= 0.3 is 5.97 Å². The zero-order chi connectivity index (χ0) is 12.7. The Bertz CT molecular complexity index is 304. The summed E-state index contributed by atoms with van der Waals surface area (Å²) in [7, 11) is 0. The molecule has 96 valence electrons. The second-order valence-electron chi connectivity index (χ2n) is 3.94. The van der Waals surface area contributed by atoms with E-state index < -0.39 is 5.97 Å². The monoisotopic (exact) mass is 242 g/mol. The van der Waals surface area contributed by atoms with Crippen molar-refractivity contribution in [2.24, 2.45) is 11.7 Å². The molecule has 1 aliphatic rings. The molecule has 4 N–H and O–H groups in total. The number of aliphatic carboxylic acids is 1. The molecule has 0 aromatic rings. The maximum atomic E-state index is 11.6. The standard InChI is InChI=1S/C11H18N2O4/c12-9-2-1-8(7-9)11(16)13-4-6-17-5-3-10(14)15/h1-2,8-9H,3-7,12H2,(H,13,16)(H,14,15). The van der Waals surface area contributed by atoms with Crippen LogP contribution in [0.2, 0.25) is 0 Å². The SMILES string of the molecule is NC1C=CC(C(=O)NCCOCCC(=O)O)C1. The summed E-state index contributed by atoms with van der Waals surface area (Å²) in [5.41, 5.74) is 5.64. The molecule has 0 heterocycles. The van der Waals surface area contributed by atoms with Crippen molar-refractivity contribution in [3.63, 3.8) is 0 Å². The lowest BCUT2D eigenvalue weighted by atomic mass is 10.1. The van der Waals surface area contributed by atoms with Gasteiger partial charge in [0.15, 0.2) is 0 Å². The molecular formula is C11H18N2O4. The number of hydrogen-bond donors (Lipinski definition) is 3. The van der Waals surface area contributed by atoms with Crippen molar-refractivity contribution in [2.45, 2.75) is 18.9 Å². The largest absolute Gasteiger partial charge is 0.481 e. The van der Waals surface area contributed by atoms with Crippen molar-refractivity contribution >= 4 is 11.9 Å². The number of amides is 1. The van der Waals surface area contributed by atoms with Crippen LogP contribution >= 0.6 is 0 Å². The minimum atomic E-state index is -0.890. The fourth-order valence-electron chi connectivity index (χ4n) is 1.56. The summed E-state index contributed by atoms with van der Waals surface area (Å²) in [5, 5.41) is 11.1. The summed E-state index contributed by atoms with van der Waals surface area (Å²) in [4.78, 5) is 21.7. The van der Waals surface area contributed by atoms with Gasteiger partial charge in [-0.1, -0.05) is 12.2 Å². The molecule has 2 atom stereocenters. The van der Waals surface area contributed by atoms with Crippen LogP contribution in [0.1, 0.15) is 12.8 Å². The predicted octanol–water partition coefficient (Wildman–Crippen LogP) is -0.503. The lowest BCUT2D eigenvalue weighted by molar-refractivity contribution is -0.138. The van der Waals surface area contributed by atoms with E-state index in [2.05, 4.69) is 5.32 Å². The van der Waals surface area contributed by atoms with Gasteiger partial charge in [0.1, 0.15) is 0 Å². The van der Waals surface area contributed by atoms with Crippen LogP contribution in [-0.2, 0) is 14.3 Å². The highest BCUT2D eigenvalue weighted by Crippen LogP contribution is 2.15. The molecule has 0 aromatic heterocycles. The third kappa shape index (κ3) is 5.46. The Morgan fingerprint density at radius 3 is 2.76 bits per heavy atom. The van der Waals surface area contributed by atoms with Crippen molar-refractivity contribution in [1.29, 1.82) is 0 Å². The van der Waals surface area contributed by atoms with Gasteiger partial charge in [-0.2, -0.15) is 0 Å².